The Balaban J connectivity index is 1.85. The summed E-state index contributed by atoms with van der Waals surface area (Å²) in [6.45, 7) is 2.64. The Morgan fingerprint density at radius 3 is 2.81 bits per heavy atom. The average Bonchev–Trinajstić information content (AvgIpc) is 3.16. The van der Waals surface area contributed by atoms with Crippen molar-refractivity contribution < 1.29 is 19.4 Å². The zero-order valence-corrected chi connectivity index (χ0v) is 16.2. The number of para-hydroxylation sites is 1. The first-order valence-corrected chi connectivity index (χ1v) is 10.2. The number of carbonyl (C=O) groups is 2. The predicted octanol–water partition coefficient (Wildman–Crippen LogP) is 3.73. The number of ether oxygens (including phenoxy) is 1. The number of carbonyl (C=O) groups excluding carboxylic acids is 1. The molecule has 1 aromatic heterocycles. The van der Waals surface area contributed by atoms with Gasteiger partial charge in [0.25, 0.3) is 0 Å². The van der Waals surface area contributed by atoms with Crippen LogP contribution in [0.25, 0.3) is 10.9 Å². The highest BCUT2D eigenvalue weighted by Gasteiger charge is 2.18. The van der Waals surface area contributed by atoms with Crippen molar-refractivity contribution >= 4 is 34.5 Å². The highest BCUT2D eigenvalue weighted by Crippen LogP contribution is 2.34. The number of aromatic nitrogens is 1. The Hall–Kier alpha value is -2.28. The maximum atomic E-state index is 11.5. The molecule has 0 radical (unpaired) electrons. The number of fused-ring (bicyclic) bond motifs is 1. The van der Waals surface area contributed by atoms with Gasteiger partial charge in [-0.15, -0.1) is 11.8 Å². The topological polar surface area (TPSA) is 88.5 Å². The molecule has 6 nitrogen and oxygen atoms in total. The average molecular weight is 388 g/mol. The van der Waals surface area contributed by atoms with E-state index >= 15 is 0 Å². The number of hydrogen-bond donors (Lipinski definition) is 2. The smallest absolute Gasteiger partial charge is 0.354 e. The molecule has 1 amide bonds. The predicted molar refractivity (Wildman–Crippen MR) is 106 cm³/mol. The summed E-state index contributed by atoms with van der Waals surface area (Å²) in [6, 6.07) is 7.27. The molecule has 0 saturated heterocycles. The van der Waals surface area contributed by atoms with Crippen LogP contribution in [-0.4, -0.2) is 40.9 Å². The van der Waals surface area contributed by atoms with Crippen molar-refractivity contribution in [3.63, 3.8) is 0 Å². The van der Waals surface area contributed by atoms with Crippen LogP contribution in [0.4, 0.5) is 0 Å². The molecule has 2 aromatic rings. The summed E-state index contributed by atoms with van der Waals surface area (Å²) in [5, 5.41) is 13.1. The van der Waals surface area contributed by atoms with Gasteiger partial charge in [0.2, 0.25) is 5.91 Å². The molecule has 1 aromatic carbocycles. The second-order valence-corrected chi connectivity index (χ2v) is 7.89. The minimum absolute atomic E-state index is 0.00134. The van der Waals surface area contributed by atoms with E-state index in [0.717, 1.165) is 10.3 Å². The summed E-state index contributed by atoms with van der Waals surface area (Å²) in [5.74, 6) is 0.695. The lowest BCUT2D eigenvalue weighted by molar-refractivity contribution is -0.118. The summed E-state index contributed by atoms with van der Waals surface area (Å²) in [6.07, 6.45) is 4.87. The molecule has 1 saturated carbocycles. The second kappa shape index (κ2) is 9.08. The minimum Gasteiger partial charge on any atom is -0.491 e. The zero-order chi connectivity index (χ0) is 19.2. The fourth-order valence-electron chi connectivity index (χ4n) is 3.31. The van der Waals surface area contributed by atoms with Crippen molar-refractivity contribution in [2.45, 2.75) is 37.5 Å². The normalized spacial score (nSPS) is 14.4. The third-order valence-electron chi connectivity index (χ3n) is 4.67. The molecule has 0 unspecified atom stereocenters. The number of thioether (sulfide) groups is 1. The maximum Gasteiger partial charge on any atom is 0.354 e. The summed E-state index contributed by atoms with van der Waals surface area (Å²) in [5.41, 5.74) is 0.582. The van der Waals surface area contributed by atoms with Crippen LogP contribution in [0.15, 0.2) is 29.2 Å². The van der Waals surface area contributed by atoms with Gasteiger partial charge in [0.1, 0.15) is 17.0 Å². The maximum absolute atomic E-state index is 11.5. The number of benzene rings is 1. The number of carboxylic acids is 1. The standard InChI is InChI=1S/C20H24N2O4S/c1-13(23)21-9-10-27-18-11-16(20(24)25)22-19-15(18)7-4-8-17(19)26-12-14-5-2-3-6-14/h4,7-8,11,14H,2-3,5-6,9-10,12H2,1H3,(H,21,23)(H,24,25). The number of carboxylic acid groups (broad SMARTS) is 1. The molecule has 27 heavy (non-hydrogen) atoms. The van der Waals surface area contributed by atoms with E-state index in [9.17, 15) is 14.7 Å². The number of amides is 1. The van der Waals surface area contributed by atoms with Gasteiger partial charge in [0.05, 0.1) is 6.61 Å². The van der Waals surface area contributed by atoms with Gasteiger partial charge in [-0.3, -0.25) is 4.79 Å². The fourth-order valence-corrected chi connectivity index (χ4v) is 4.25. The minimum atomic E-state index is -1.06. The van der Waals surface area contributed by atoms with Crippen LogP contribution in [-0.2, 0) is 4.79 Å². The molecule has 1 fully saturated rings. The van der Waals surface area contributed by atoms with E-state index in [-0.39, 0.29) is 11.6 Å². The third-order valence-corrected chi connectivity index (χ3v) is 5.72. The first kappa shape index (κ1) is 19.5. The number of hydrogen-bond acceptors (Lipinski definition) is 5. The highest BCUT2D eigenvalue weighted by atomic mass is 32.2. The second-order valence-electron chi connectivity index (χ2n) is 6.76. The van der Waals surface area contributed by atoms with Crippen molar-refractivity contribution in [2.24, 2.45) is 5.92 Å². The van der Waals surface area contributed by atoms with E-state index in [2.05, 4.69) is 10.3 Å². The van der Waals surface area contributed by atoms with Crippen molar-refractivity contribution in [3.05, 3.63) is 30.0 Å². The van der Waals surface area contributed by atoms with E-state index in [4.69, 9.17) is 4.74 Å². The summed E-state index contributed by atoms with van der Waals surface area (Å²) in [7, 11) is 0. The quantitative estimate of drug-likeness (QED) is 0.529. The van der Waals surface area contributed by atoms with Gasteiger partial charge in [0, 0.05) is 29.5 Å². The van der Waals surface area contributed by atoms with E-state index in [1.807, 2.05) is 18.2 Å². The molecule has 2 N–H and O–H groups in total. The van der Waals surface area contributed by atoms with Crippen LogP contribution in [0.2, 0.25) is 0 Å². The van der Waals surface area contributed by atoms with Crippen LogP contribution in [0.1, 0.15) is 43.1 Å². The molecule has 1 aliphatic carbocycles. The Labute approximate surface area is 162 Å². The number of nitrogens with zero attached hydrogens (tertiary/aromatic N) is 1. The van der Waals surface area contributed by atoms with Crippen molar-refractivity contribution in [3.8, 4) is 5.75 Å². The molecule has 0 bridgehead atoms. The van der Waals surface area contributed by atoms with Gasteiger partial charge in [-0.25, -0.2) is 9.78 Å². The van der Waals surface area contributed by atoms with Gasteiger partial charge in [-0.1, -0.05) is 25.0 Å². The molecular formula is C20H24N2O4S. The summed E-state index contributed by atoms with van der Waals surface area (Å²) < 4.78 is 6.03. The number of rotatable bonds is 8. The lowest BCUT2D eigenvalue weighted by Gasteiger charge is -2.14. The van der Waals surface area contributed by atoms with Crippen molar-refractivity contribution in [1.82, 2.24) is 10.3 Å². The number of nitrogens with one attached hydrogen (secondary N) is 1. The van der Waals surface area contributed by atoms with Gasteiger partial charge < -0.3 is 15.2 Å². The van der Waals surface area contributed by atoms with Gasteiger partial charge in [0.15, 0.2) is 0 Å². The zero-order valence-electron chi connectivity index (χ0n) is 15.4. The molecule has 7 heteroatoms. The Bertz CT molecular complexity index is 834. The molecule has 1 heterocycles. The van der Waals surface area contributed by atoms with Crippen LogP contribution in [0, 0.1) is 5.92 Å². The fraction of sp³-hybridized carbons (Fsp3) is 0.450. The Morgan fingerprint density at radius 2 is 2.11 bits per heavy atom. The molecule has 144 valence electrons. The molecule has 3 rings (SSSR count). The lowest BCUT2D eigenvalue weighted by atomic mass is 10.1. The lowest BCUT2D eigenvalue weighted by Crippen LogP contribution is -2.22. The van der Waals surface area contributed by atoms with E-state index in [1.54, 1.807) is 6.07 Å². The Morgan fingerprint density at radius 1 is 1.33 bits per heavy atom. The summed E-state index contributed by atoms with van der Waals surface area (Å²) in [4.78, 5) is 27.7. The molecule has 1 aliphatic rings. The largest absolute Gasteiger partial charge is 0.491 e. The van der Waals surface area contributed by atoms with E-state index in [0.29, 0.717) is 36.1 Å². The van der Waals surface area contributed by atoms with Gasteiger partial charge in [-0.2, -0.15) is 0 Å². The molecule has 0 atom stereocenters. The van der Waals surface area contributed by atoms with E-state index < -0.39 is 5.97 Å². The SMILES string of the molecule is CC(=O)NCCSc1cc(C(=O)O)nc2c(OCC3CCCC3)cccc12. The van der Waals surface area contributed by atoms with Crippen molar-refractivity contribution in [1.29, 1.82) is 0 Å². The summed E-state index contributed by atoms with van der Waals surface area (Å²) >= 11 is 1.50. The van der Waals surface area contributed by atoms with Gasteiger partial charge in [-0.05, 0) is 30.9 Å². The van der Waals surface area contributed by atoms with Crippen LogP contribution in [0.3, 0.4) is 0 Å². The van der Waals surface area contributed by atoms with Gasteiger partial charge >= 0.3 is 5.97 Å². The van der Waals surface area contributed by atoms with E-state index in [1.165, 1.54) is 44.4 Å². The number of pyridine rings is 1. The first-order valence-electron chi connectivity index (χ1n) is 9.21. The van der Waals surface area contributed by atoms with Crippen LogP contribution in [0.5, 0.6) is 5.75 Å². The number of aromatic carboxylic acids is 1. The van der Waals surface area contributed by atoms with Crippen LogP contribution < -0.4 is 10.1 Å². The molecule has 0 aliphatic heterocycles. The first-order chi connectivity index (χ1) is 13.0. The highest BCUT2D eigenvalue weighted by molar-refractivity contribution is 7.99. The Kier molecular flexibility index (Phi) is 6.55. The molecular weight excluding hydrogens is 364 g/mol. The monoisotopic (exact) mass is 388 g/mol. The molecule has 0 spiro atoms. The van der Waals surface area contributed by atoms with Crippen LogP contribution >= 0.6 is 11.8 Å². The third kappa shape index (κ3) is 5.13. The van der Waals surface area contributed by atoms with Crippen molar-refractivity contribution in [2.75, 3.05) is 18.9 Å².